The van der Waals surface area contributed by atoms with Crippen molar-refractivity contribution in [2.45, 2.75) is 23.1 Å². The van der Waals surface area contributed by atoms with E-state index >= 15 is 0 Å². The van der Waals surface area contributed by atoms with Crippen LogP contribution in [0.25, 0.3) is 0 Å². The smallest absolute Gasteiger partial charge is 0.211 e. The van der Waals surface area contributed by atoms with Gasteiger partial charge in [-0.25, -0.2) is 26.3 Å². The van der Waals surface area contributed by atoms with Crippen LogP contribution in [0.5, 0.6) is 0 Å². The average Bonchev–Trinajstić information content (AvgIpc) is 2.20. The number of nitrogens with one attached hydrogen (secondary N) is 1. The summed E-state index contributed by atoms with van der Waals surface area (Å²) in [5.74, 6) is -4.01. The Labute approximate surface area is 113 Å². The molecule has 0 heterocycles. The van der Waals surface area contributed by atoms with Crippen LogP contribution >= 0.6 is 11.6 Å². The first kappa shape index (κ1) is 14.6. The van der Waals surface area contributed by atoms with Gasteiger partial charge < -0.3 is 0 Å². The Hall–Kier alpha value is -0.790. The molecular weight excluding hydrogens is 303 g/mol. The fraction of sp³-hybridized carbons (Fsp3) is 0.455. The van der Waals surface area contributed by atoms with Crippen LogP contribution in [0.4, 0.5) is 13.2 Å². The number of sulfonamides is 1. The summed E-state index contributed by atoms with van der Waals surface area (Å²) in [6.45, 7) is 0.0574. The first-order valence-corrected chi connectivity index (χ1v) is 7.50. The Morgan fingerprint density at radius 3 is 2.21 bits per heavy atom. The van der Waals surface area contributed by atoms with Gasteiger partial charge in [0.05, 0.1) is 0 Å². The number of hydrogen-bond donors (Lipinski definition) is 1. The maximum absolute atomic E-state index is 13.4. The highest BCUT2D eigenvalue weighted by molar-refractivity contribution is 7.89. The first-order chi connectivity index (χ1) is 8.79. The van der Waals surface area contributed by atoms with Gasteiger partial charge >= 0.3 is 0 Å². The molecule has 8 heteroatoms. The molecule has 1 aromatic rings. The van der Waals surface area contributed by atoms with Crippen molar-refractivity contribution in [1.29, 1.82) is 0 Å². The third kappa shape index (κ3) is 3.21. The van der Waals surface area contributed by atoms with E-state index in [2.05, 4.69) is 4.72 Å². The molecule has 0 atom stereocenters. The number of halogens is 4. The number of rotatable bonds is 4. The van der Waals surface area contributed by atoms with E-state index in [1.807, 2.05) is 0 Å². The minimum atomic E-state index is -4.34. The number of hydrogen-bond acceptors (Lipinski definition) is 2. The van der Waals surface area contributed by atoms with E-state index in [0.29, 0.717) is 25.0 Å². The lowest BCUT2D eigenvalue weighted by Gasteiger charge is -2.30. The number of benzene rings is 1. The summed E-state index contributed by atoms with van der Waals surface area (Å²) in [6.07, 6.45) is 1.30. The van der Waals surface area contributed by atoms with Crippen LogP contribution in [-0.4, -0.2) is 20.3 Å². The van der Waals surface area contributed by atoms with Crippen molar-refractivity contribution < 1.29 is 21.6 Å². The van der Waals surface area contributed by atoms with E-state index in [1.54, 1.807) is 0 Å². The molecular formula is C11H11ClF3NO2S. The topological polar surface area (TPSA) is 46.2 Å². The predicted octanol–water partition coefficient (Wildman–Crippen LogP) is 2.40. The van der Waals surface area contributed by atoms with Gasteiger partial charge in [0.2, 0.25) is 10.0 Å². The third-order valence-corrected chi connectivity index (χ3v) is 4.80. The predicted molar refractivity (Wildman–Crippen MR) is 63.9 cm³/mol. The molecule has 0 radical (unpaired) electrons. The maximum Gasteiger partial charge on any atom is 0.246 e. The minimum Gasteiger partial charge on any atom is -0.211 e. The van der Waals surface area contributed by atoms with Gasteiger partial charge in [-0.1, -0.05) is 0 Å². The zero-order valence-electron chi connectivity index (χ0n) is 9.67. The summed E-state index contributed by atoms with van der Waals surface area (Å²) in [7, 11) is -4.34. The normalized spacial score (nSPS) is 23.2. The fourth-order valence-corrected chi connectivity index (χ4v) is 3.64. The van der Waals surface area contributed by atoms with Crippen molar-refractivity contribution in [3.05, 3.63) is 29.6 Å². The summed E-state index contributed by atoms with van der Waals surface area (Å²) < 4.78 is 65.1. The van der Waals surface area contributed by atoms with Crippen LogP contribution in [0.15, 0.2) is 17.0 Å². The summed E-state index contributed by atoms with van der Waals surface area (Å²) in [5, 5.41) is 0.0220. The van der Waals surface area contributed by atoms with Gasteiger partial charge in [0.1, 0.15) is 17.5 Å². The van der Waals surface area contributed by atoms with Crippen LogP contribution in [0, 0.1) is 23.4 Å². The Kier molecular flexibility index (Phi) is 4.08. The highest BCUT2D eigenvalue weighted by atomic mass is 35.5. The van der Waals surface area contributed by atoms with E-state index < -0.39 is 32.4 Å². The van der Waals surface area contributed by atoms with Gasteiger partial charge in [-0.2, -0.15) is 0 Å². The van der Waals surface area contributed by atoms with E-state index in [1.165, 1.54) is 0 Å². The van der Waals surface area contributed by atoms with Gasteiger partial charge in [-0.05, 0) is 18.8 Å². The van der Waals surface area contributed by atoms with Crippen molar-refractivity contribution in [3.63, 3.8) is 0 Å². The molecule has 1 N–H and O–H groups in total. The molecule has 0 unspecified atom stereocenters. The van der Waals surface area contributed by atoms with Crippen molar-refractivity contribution in [2.75, 3.05) is 6.54 Å². The second-order valence-corrected chi connectivity index (χ2v) is 6.81. The second-order valence-electron chi connectivity index (χ2n) is 4.49. The quantitative estimate of drug-likeness (QED) is 0.868. The van der Waals surface area contributed by atoms with Gasteiger partial charge in [-0.3, -0.25) is 0 Å². The summed E-state index contributed by atoms with van der Waals surface area (Å²) in [4.78, 5) is -1.16. The molecule has 1 aliphatic rings. The molecule has 106 valence electrons. The molecule has 0 spiro atoms. The van der Waals surface area contributed by atoms with Crippen molar-refractivity contribution >= 4 is 21.6 Å². The average molecular weight is 314 g/mol. The van der Waals surface area contributed by atoms with E-state index in [-0.39, 0.29) is 17.8 Å². The van der Waals surface area contributed by atoms with E-state index in [0.717, 1.165) is 0 Å². The lowest BCUT2D eigenvalue weighted by Crippen LogP contribution is -2.37. The van der Waals surface area contributed by atoms with Crippen LogP contribution in [-0.2, 0) is 10.0 Å². The summed E-state index contributed by atoms with van der Waals surface area (Å²) in [5.41, 5.74) is 0. The molecule has 0 bridgehead atoms. The SMILES string of the molecule is O=S(=O)(NCC1CC(Cl)C1)c1c(F)cc(F)cc1F. The Balaban J connectivity index is 2.15. The van der Waals surface area contributed by atoms with Crippen molar-refractivity contribution in [2.24, 2.45) is 5.92 Å². The van der Waals surface area contributed by atoms with Crippen molar-refractivity contribution in [1.82, 2.24) is 4.72 Å². The van der Waals surface area contributed by atoms with Crippen LogP contribution in [0.2, 0.25) is 0 Å². The minimum absolute atomic E-state index is 0.0220. The molecule has 0 aliphatic heterocycles. The zero-order valence-corrected chi connectivity index (χ0v) is 11.2. The summed E-state index contributed by atoms with van der Waals surface area (Å²) in [6, 6.07) is 0.658. The molecule has 3 nitrogen and oxygen atoms in total. The van der Waals surface area contributed by atoms with E-state index in [9.17, 15) is 21.6 Å². The molecule has 2 rings (SSSR count). The molecule has 0 amide bonds. The molecule has 0 saturated heterocycles. The Bertz CT molecular complexity index is 565. The molecule has 1 aliphatic carbocycles. The summed E-state index contributed by atoms with van der Waals surface area (Å²) >= 11 is 5.74. The standard InChI is InChI=1S/C11H11ClF3NO2S/c12-7-1-6(2-7)5-16-19(17,18)11-9(14)3-8(13)4-10(11)15/h3-4,6-7,16H,1-2,5H2. The van der Waals surface area contributed by atoms with Gasteiger partial charge in [-0.15, -0.1) is 11.6 Å². The lowest BCUT2D eigenvalue weighted by atomic mass is 9.85. The van der Waals surface area contributed by atoms with Crippen LogP contribution in [0.1, 0.15) is 12.8 Å². The Morgan fingerprint density at radius 1 is 1.21 bits per heavy atom. The van der Waals surface area contributed by atoms with Crippen LogP contribution < -0.4 is 4.72 Å². The molecule has 19 heavy (non-hydrogen) atoms. The van der Waals surface area contributed by atoms with Crippen LogP contribution in [0.3, 0.4) is 0 Å². The highest BCUT2D eigenvalue weighted by Crippen LogP contribution is 2.31. The molecule has 1 fully saturated rings. The lowest BCUT2D eigenvalue weighted by molar-refractivity contribution is 0.323. The van der Waals surface area contributed by atoms with E-state index in [4.69, 9.17) is 11.6 Å². The largest absolute Gasteiger partial charge is 0.246 e. The molecule has 1 saturated carbocycles. The third-order valence-electron chi connectivity index (χ3n) is 2.97. The fourth-order valence-electron chi connectivity index (χ4n) is 1.91. The zero-order chi connectivity index (χ0) is 14.2. The second kappa shape index (κ2) is 5.30. The van der Waals surface area contributed by atoms with Gasteiger partial charge in [0, 0.05) is 24.1 Å². The molecule has 0 aromatic heterocycles. The van der Waals surface area contributed by atoms with Gasteiger partial charge in [0.15, 0.2) is 4.90 Å². The van der Waals surface area contributed by atoms with Gasteiger partial charge in [0.25, 0.3) is 0 Å². The molecule has 1 aromatic carbocycles. The highest BCUT2D eigenvalue weighted by Gasteiger charge is 2.30. The first-order valence-electron chi connectivity index (χ1n) is 5.58. The maximum atomic E-state index is 13.4. The number of alkyl halides is 1. The van der Waals surface area contributed by atoms with Crippen molar-refractivity contribution in [3.8, 4) is 0 Å². The monoisotopic (exact) mass is 313 g/mol. The Morgan fingerprint density at radius 2 is 1.74 bits per heavy atom.